The number of rotatable bonds is 5. The fraction of sp³-hybridized carbons (Fsp3) is 0.263. The van der Waals surface area contributed by atoms with E-state index in [0.717, 1.165) is 5.56 Å². The Morgan fingerprint density at radius 3 is 2.56 bits per heavy atom. The van der Waals surface area contributed by atoms with E-state index in [9.17, 15) is 14.0 Å². The van der Waals surface area contributed by atoms with Gasteiger partial charge in [-0.15, -0.1) is 0 Å². The Morgan fingerprint density at radius 2 is 1.80 bits per heavy atom. The molecule has 6 heteroatoms. The molecule has 1 aliphatic heterocycles. The van der Waals surface area contributed by atoms with Crippen molar-refractivity contribution in [2.24, 2.45) is 0 Å². The molecule has 0 saturated heterocycles. The van der Waals surface area contributed by atoms with Gasteiger partial charge in [-0.3, -0.25) is 9.59 Å². The Kier molecular flexibility index (Phi) is 4.97. The van der Waals surface area contributed by atoms with Crippen LogP contribution < -0.4 is 14.8 Å². The van der Waals surface area contributed by atoms with Gasteiger partial charge in [0.1, 0.15) is 19.0 Å². The van der Waals surface area contributed by atoms with Crippen molar-refractivity contribution in [1.29, 1.82) is 0 Å². The van der Waals surface area contributed by atoms with Crippen molar-refractivity contribution >= 4 is 17.4 Å². The lowest BCUT2D eigenvalue weighted by Crippen LogP contribution is -2.16. The van der Waals surface area contributed by atoms with Gasteiger partial charge in [0.15, 0.2) is 17.3 Å². The predicted molar refractivity (Wildman–Crippen MR) is 90.8 cm³/mol. The average molecular weight is 343 g/mol. The number of amides is 1. The molecule has 3 rings (SSSR count). The summed E-state index contributed by atoms with van der Waals surface area (Å²) in [6.45, 7) is 2.69. The summed E-state index contributed by atoms with van der Waals surface area (Å²) in [5.74, 6) is 0.0512. The molecule has 0 spiro atoms. The van der Waals surface area contributed by atoms with E-state index < -0.39 is 11.7 Å². The summed E-state index contributed by atoms with van der Waals surface area (Å²) < 4.78 is 24.6. The molecule has 0 atom stereocenters. The van der Waals surface area contributed by atoms with E-state index in [-0.39, 0.29) is 24.3 Å². The highest BCUT2D eigenvalue weighted by Gasteiger charge is 2.16. The molecule has 1 N–H and O–H groups in total. The predicted octanol–water partition coefficient (Wildman–Crippen LogP) is 3.51. The topological polar surface area (TPSA) is 64.6 Å². The molecule has 0 saturated carbocycles. The molecule has 0 unspecified atom stereocenters. The zero-order valence-electron chi connectivity index (χ0n) is 13.8. The van der Waals surface area contributed by atoms with E-state index in [1.807, 2.05) is 0 Å². The molecule has 0 aromatic heterocycles. The first-order chi connectivity index (χ1) is 12.0. The van der Waals surface area contributed by atoms with Gasteiger partial charge in [-0.25, -0.2) is 4.39 Å². The monoisotopic (exact) mass is 343 g/mol. The molecule has 1 aliphatic rings. The van der Waals surface area contributed by atoms with Gasteiger partial charge in [-0.2, -0.15) is 0 Å². The largest absolute Gasteiger partial charge is 0.486 e. The first-order valence-electron chi connectivity index (χ1n) is 8.02. The van der Waals surface area contributed by atoms with Crippen molar-refractivity contribution in [2.45, 2.75) is 19.8 Å². The summed E-state index contributed by atoms with van der Waals surface area (Å²) in [5, 5.41) is 2.48. The van der Waals surface area contributed by atoms with Gasteiger partial charge in [0.25, 0.3) is 0 Å². The van der Waals surface area contributed by atoms with Gasteiger partial charge in [0.05, 0.1) is 5.69 Å². The Hall–Kier alpha value is -2.89. The Labute approximate surface area is 144 Å². The van der Waals surface area contributed by atoms with Crippen LogP contribution in [0.15, 0.2) is 36.4 Å². The maximum Gasteiger partial charge on any atom is 0.224 e. The summed E-state index contributed by atoms with van der Waals surface area (Å²) in [4.78, 5) is 24.2. The van der Waals surface area contributed by atoms with E-state index >= 15 is 0 Å². The van der Waals surface area contributed by atoms with E-state index in [0.29, 0.717) is 30.3 Å². The lowest BCUT2D eigenvalue weighted by Gasteiger charge is -2.18. The second-order valence-corrected chi connectivity index (χ2v) is 5.81. The number of benzene rings is 2. The van der Waals surface area contributed by atoms with Gasteiger partial charge in [0.2, 0.25) is 5.91 Å². The zero-order chi connectivity index (χ0) is 17.8. The summed E-state index contributed by atoms with van der Waals surface area (Å²) in [5.41, 5.74) is 1.34. The van der Waals surface area contributed by atoms with Crippen molar-refractivity contribution in [3.63, 3.8) is 0 Å². The van der Waals surface area contributed by atoms with Crippen LogP contribution in [0, 0.1) is 12.7 Å². The maximum atomic E-state index is 13.7. The van der Waals surface area contributed by atoms with Crippen molar-refractivity contribution in [2.75, 3.05) is 18.5 Å². The summed E-state index contributed by atoms with van der Waals surface area (Å²) in [7, 11) is 0. The number of carbonyl (C=O) groups is 2. The van der Waals surface area contributed by atoms with Crippen molar-refractivity contribution in [3.05, 3.63) is 53.3 Å². The van der Waals surface area contributed by atoms with Crippen LogP contribution in [0.2, 0.25) is 0 Å². The van der Waals surface area contributed by atoms with E-state index in [2.05, 4.69) is 5.32 Å². The fourth-order valence-electron chi connectivity index (χ4n) is 2.52. The molecular weight excluding hydrogens is 325 g/mol. The Balaban J connectivity index is 1.57. The Bertz CT molecular complexity index is 819. The number of fused-ring (bicyclic) bond motifs is 1. The summed E-state index contributed by atoms with van der Waals surface area (Å²) >= 11 is 0. The molecule has 0 aliphatic carbocycles. The summed E-state index contributed by atoms with van der Waals surface area (Å²) in [6.07, 6.45) is -0.000447. The van der Waals surface area contributed by atoms with E-state index in [1.54, 1.807) is 31.2 Å². The van der Waals surface area contributed by atoms with Gasteiger partial charge in [-0.05, 0) is 42.8 Å². The number of ether oxygens (including phenoxy) is 2. The van der Waals surface area contributed by atoms with Gasteiger partial charge in [-0.1, -0.05) is 6.07 Å². The lowest BCUT2D eigenvalue weighted by molar-refractivity contribution is -0.116. The third-order valence-electron chi connectivity index (χ3n) is 3.84. The number of hydrogen-bond donors (Lipinski definition) is 1. The lowest BCUT2D eigenvalue weighted by atomic mass is 10.1. The minimum atomic E-state index is -0.494. The standard InChI is InChI=1S/C19H18FNO4/c1-12-2-4-15(14(20)10-12)21-19(23)7-5-16(22)13-3-6-17-18(11-13)25-9-8-24-17/h2-4,6,10-11H,5,7-9H2,1H3,(H,21,23). The second kappa shape index (κ2) is 7.34. The second-order valence-electron chi connectivity index (χ2n) is 5.81. The van der Waals surface area contributed by atoms with Gasteiger partial charge >= 0.3 is 0 Å². The smallest absolute Gasteiger partial charge is 0.224 e. The fourth-order valence-corrected chi connectivity index (χ4v) is 2.52. The number of hydrogen-bond acceptors (Lipinski definition) is 4. The quantitative estimate of drug-likeness (QED) is 0.844. The number of Topliss-reactive ketones (excluding diaryl/α,β-unsaturated/α-hetero) is 1. The molecule has 0 fully saturated rings. The first kappa shape index (κ1) is 17.0. The number of ketones is 1. The molecule has 2 aromatic rings. The first-order valence-corrected chi connectivity index (χ1v) is 8.02. The zero-order valence-corrected chi connectivity index (χ0v) is 13.8. The number of halogens is 1. The number of anilines is 1. The minimum absolute atomic E-state index is 0.0267. The molecular formula is C19H18FNO4. The van der Waals surface area contributed by atoms with Crippen LogP contribution in [0.5, 0.6) is 11.5 Å². The number of carbonyl (C=O) groups excluding carboxylic acids is 2. The third-order valence-corrected chi connectivity index (χ3v) is 3.84. The third kappa shape index (κ3) is 4.15. The average Bonchev–Trinajstić information content (AvgIpc) is 2.61. The molecule has 25 heavy (non-hydrogen) atoms. The van der Waals surface area contributed by atoms with Crippen LogP contribution in [-0.2, 0) is 4.79 Å². The van der Waals surface area contributed by atoms with Crippen LogP contribution >= 0.6 is 0 Å². The normalized spacial score (nSPS) is 12.6. The van der Waals surface area contributed by atoms with Gasteiger partial charge < -0.3 is 14.8 Å². The van der Waals surface area contributed by atoms with Crippen LogP contribution in [0.3, 0.4) is 0 Å². The highest BCUT2D eigenvalue weighted by Crippen LogP contribution is 2.31. The van der Waals surface area contributed by atoms with Crippen molar-refractivity contribution in [3.8, 4) is 11.5 Å². The molecule has 1 heterocycles. The molecule has 130 valence electrons. The maximum absolute atomic E-state index is 13.7. The molecule has 0 radical (unpaired) electrons. The number of nitrogens with one attached hydrogen (secondary N) is 1. The van der Waals surface area contributed by atoms with Crippen LogP contribution in [0.25, 0.3) is 0 Å². The SMILES string of the molecule is Cc1ccc(NC(=O)CCC(=O)c2ccc3c(c2)OCCO3)c(F)c1. The molecule has 5 nitrogen and oxygen atoms in total. The van der Waals surface area contributed by atoms with Crippen molar-refractivity contribution in [1.82, 2.24) is 0 Å². The highest BCUT2D eigenvalue weighted by molar-refractivity contribution is 6.00. The number of aryl methyl sites for hydroxylation is 1. The minimum Gasteiger partial charge on any atom is -0.486 e. The Morgan fingerprint density at radius 1 is 1.04 bits per heavy atom. The highest BCUT2D eigenvalue weighted by atomic mass is 19.1. The van der Waals surface area contributed by atoms with Crippen LogP contribution in [0.4, 0.5) is 10.1 Å². The van der Waals surface area contributed by atoms with Crippen LogP contribution in [-0.4, -0.2) is 24.9 Å². The van der Waals surface area contributed by atoms with Gasteiger partial charge in [0, 0.05) is 18.4 Å². The molecule has 2 aromatic carbocycles. The summed E-state index contributed by atoms with van der Waals surface area (Å²) in [6, 6.07) is 9.51. The van der Waals surface area contributed by atoms with Crippen molar-refractivity contribution < 1.29 is 23.5 Å². The van der Waals surface area contributed by atoms with E-state index in [1.165, 1.54) is 12.1 Å². The van der Waals surface area contributed by atoms with E-state index in [4.69, 9.17) is 9.47 Å². The molecule has 1 amide bonds. The van der Waals surface area contributed by atoms with Crippen LogP contribution in [0.1, 0.15) is 28.8 Å². The molecule has 0 bridgehead atoms.